The van der Waals surface area contributed by atoms with Crippen LogP contribution in [0.15, 0.2) is 53.4 Å². The van der Waals surface area contributed by atoms with Gasteiger partial charge in [0.2, 0.25) is 0 Å². The van der Waals surface area contributed by atoms with Gasteiger partial charge in [-0.2, -0.15) is 0 Å². The van der Waals surface area contributed by atoms with Crippen molar-refractivity contribution in [3.63, 3.8) is 0 Å². The summed E-state index contributed by atoms with van der Waals surface area (Å²) in [5.74, 6) is -0.789. The van der Waals surface area contributed by atoms with Gasteiger partial charge in [-0.3, -0.25) is 4.84 Å². The molecule has 0 radical (unpaired) electrons. The highest BCUT2D eigenvalue weighted by Crippen LogP contribution is 2.20. The predicted octanol–water partition coefficient (Wildman–Crippen LogP) is 2.24. The number of methoxy groups -OCH3 is 1. The van der Waals surface area contributed by atoms with Crippen molar-refractivity contribution in [2.75, 3.05) is 7.11 Å². The van der Waals surface area contributed by atoms with Crippen LogP contribution in [0.5, 0.6) is 5.75 Å². The zero-order chi connectivity index (χ0) is 15.3. The van der Waals surface area contributed by atoms with Gasteiger partial charge < -0.3 is 4.74 Å². The summed E-state index contributed by atoms with van der Waals surface area (Å²) in [6, 6.07) is 12.4. The van der Waals surface area contributed by atoms with Crippen LogP contribution < -0.4 is 9.62 Å². The third-order valence-electron chi connectivity index (χ3n) is 2.68. The van der Waals surface area contributed by atoms with Gasteiger partial charge in [0, 0.05) is 0 Å². The molecule has 112 valence electrons. The van der Waals surface area contributed by atoms with Crippen LogP contribution in [-0.2, 0) is 21.5 Å². The van der Waals surface area contributed by atoms with Crippen LogP contribution in [-0.4, -0.2) is 15.5 Å². The average Bonchev–Trinajstić information content (AvgIpc) is 2.48. The summed E-state index contributed by atoms with van der Waals surface area (Å²) in [5.41, 5.74) is 0.807. The molecule has 0 bridgehead atoms. The molecule has 0 amide bonds. The number of rotatable bonds is 6. The van der Waals surface area contributed by atoms with Gasteiger partial charge in [0.15, 0.2) is 11.6 Å². The lowest BCUT2D eigenvalue weighted by Crippen LogP contribution is -2.24. The van der Waals surface area contributed by atoms with E-state index in [1.165, 1.54) is 19.2 Å². The standard InChI is InChI=1S/C14H14FNO4S/c1-19-14-8-7-12(9-13(14)15)21(17,18)16-20-10-11-5-3-2-4-6-11/h2-9,16H,10H2,1H3. The zero-order valence-corrected chi connectivity index (χ0v) is 12.1. The van der Waals surface area contributed by atoms with Crippen LogP contribution in [0, 0.1) is 5.82 Å². The molecule has 0 aliphatic carbocycles. The van der Waals surface area contributed by atoms with Gasteiger partial charge in [-0.25, -0.2) is 12.8 Å². The van der Waals surface area contributed by atoms with E-state index in [2.05, 4.69) is 0 Å². The third-order valence-corrected chi connectivity index (χ3v) is 3.90. The first-order chi connectivity index (χ1) is 10.0. The van der Waals surface area contributed by atoms with Crippen molar-refractivity contribution < 1.29 is 22.4 Å². The van der Waals surface area contributed by atoms with Crippen LogP contribution in [0.25, 0.3) is 0 Å². The molecule has 0 atom stereocenters. The Morgan fingerprint density at radius 2 is 1.86 bits per heavy atom. The molecule has 2 aromatic rings. The monoisotopic (exact) mass is 311 g/mol. The molecule has 0 heterocycles. The Balaban J connectivity index is 2.03. The Morgan fingerprint density at radius 3 is 2.48 bits per heavy atom. The highest BCUT2D eigenvalue weighted by molar-refractivity contribution is 7.89. The Hall–Kier alpha value is -1.96. The largest absolute Gasteiger partial charge is 0.494 e. The Bertz CT molecular complexity index is 704. The van der Waals surface area contributed by atoms with Gasteiger partial charge in [-0.15, -0.1) is 0 Å². The van der Waals surface area contributed by atoms with Crippen molar-refractivity contribution in [2.24, 2.45) is 0 Å². The molecular formula is C14H14FNO4S. The molecule has 21 heavy (non-hydrogen) atoms. The fourth-order valence-corrected chi connectivity index (χ4v) is 2.44. The van der Waals surface area contributed by atoms with Crippen molar-refractivity contribution in [1.82, 2.24) is 4.89 Å². The van der Waals surface area contributed by atoms with E-state index in [9.17, 15) is 12.8 Å². The van der Waals surface area contributed by atoms with E-state index in [0.717, 1.165) is 11.6 Å². The van der Waals surface area contributed by atoms with Gasteiger partial charge in [-0.05, 0) is 23.8 Å². The molecule has 2 rings (SSSR count). The summed E-state index contributed by atoms with van der Waals surface area (Å²) < 4.78 is 42.1. The van der Waals surface area contributed by atoms with Crippen molar-refractivity contribution >= 4 is 10.0 Å². The number of halogens is 1. The van der Waals surface area contributed by atoms with Crippen molar-refractivity contribution in [3.8, 4) is 5.75 Å². The lowest BCUT2D eigenvalue weighted by Gasteiger charge is -2.08. The van der Waals surface area contributed by atoms with Gasteiger partial charge in [-0.1, -0.05) is 35.2 Å². The SMILES string of the molecule is COc1ccc(S(=O)(=O)NOCc2ccccc2)cc1F. The molecule has 0 saturated carbocycles. The molecule has 5 nitrogen and oxygen atoms in total. The summed E-state index contributed by atoms with van der Waals surface area (Å²) in [6.45, 7) is 0.0682. The summed E-state index contributed by atoms with van der Waals surface area (Å²) in [6.07, 6.45) is 0. The highest BCUT2D eigenvalue weighted by Gasteiger charge is 2.16. The minimum Gasteiger partial charge on any atom is -0.494 e. The molecule has 0 aliphatic rings. The van der Waals surface area contributed by atoms with Gasteiger partial charge in [0.1, 0.15) is 0 Å². The van der Waals surface area contributed by atoms with Crippen LogP contribution >= 0.6 is 0 Å². The average molecular weight is 311 g/mol. The molecule has 0 saturated heterocycles. The minimum atomic E-state index is -3.95. The van der Waals surface area contributed by atoms with E-state index in [0.29, 0.717) is 0 Å². The second-order valence-corrected chi connectivity index (χ2v) is 5.80. The van der Waals surface area contributed by atoms with Crippen molar-refractivity contribution in [2.45, 2.75) is 11.5 Å². The van der Waals surface area contributed by atoms with Crippen molar-refractivity contribution in [3.05, 3.63) is 59.9 Å². The number of hydrogen-bond acceptors (Lipinski definition) is 4. The molecule has 0 unspecified atom stereocenters. The fraction of sp³-hybridized carbons (Fsp3) is 0.143. The molecular weight excluding hydrogens is 297 g/mol. The second-order valence-electron chi connectivity index (χ2n) is 4.16. The third kappa shape index (κ3) is 4.01. The highest BCUT2D eigenvalue weighted by atomic mass is 32.2. The molecule has 0 spiro atoms. The topological polar surface area (TPSA) is 64.6 Å². The molecule has 0 fully saturated rings. The van der Waals surface area contributed by atoms with Gasteiger partial charge in [0.05, 0.1) is 18.6 Å². The lowest BCUT2D eigenvalue weighted by atomic mass is 10.2. The number of nitrogens with one attached hydrogen (secondary N) is 1. The predicted molar refractivity (Wildman–Crippen MR) is 74.5 cm³/mol. The summed E-state index contributed by atoms with van der Waals surface area (Å²) in [4.78, 5) is 6.66. The maximum atomic E-state index is 13.5. The van der Waals surface area contributed by atoms with Crippen LogP contribution in [0.2, 0.25) is 0 Å². The Labute approximate surface area is 122 Å². The van der Waals surface area contributed by atoms with Gasteiger partial charge >= 0.3 is 0 Å². The lowest BCUT2D eigenvalue weighted by molar-refractivity contribution is 0.0795. The maximum Gasteiger partial charge on any atom is 0.262 e. The molecule has 2 aromatic carbocycles. The number of benzene rings is 2. The van der Waals surface area contributed by atoms with E-state index in [4.69, 9.17) is 9.57 Å². The summed E-state index contributed by atoms with van der Waals surface area (Å²) in [7, 11) is -2.65. The van der Waals surface area contributed by atoms with E-state index in [1.807, 2.05) is 23.1 Å². The first-order valence-corrected chi connectivity index (χ1v) is 7.52. The van der Waals surface area contributed by atoms with E-state index in [-0.39, 0.29) is 17.3 Å². The minimum absolute atomic E-state index is 0.0286. The Morgan fingerprint density at radius 1 is 1.14 bits per heavy atom. The quantitative estimate of drug-likeness (QED) is 0.831. The molecule has 0 aliphatic heterocycles. The molecule has 7 heteroatoms. The number of sulfonamides is 1. The molecule has 1 N–H and O–H groups in total. The first kappa shape index (κ1) is 15.4. The normalized spacial score (nSPS) is 11.3. The van der Waals surface area contributed by atoms with E-state index >= 15 is 0 Å². The summed E-state index contributed by atoms with van der Waals surface area (Å²) >= 11 is 0. The zero-order valence-electron chi connectivity index (χ0n) is 11.2. The smallest absolute Gasteiger partial charge is 0.262 e. The second kappa shape index (κ2) is 6.66. The first-order valence-electron chi connectivity index (χ1n) is 6.04. The maximum absolute atomic E-state index is 13.5. The number of hydrogen-bond donors (Lipinski definition) is 1. The van der Waals surface area contributed by atoms with Crippen molar-refractivity contribution in [1.29, 1.82) is 0 Å². The Kier molecular flexibility index (Phi) is 4.89. The van der Waals surface area contributed by atoms with Crippen LogP contribution in [0.1, 0.15) is 5.56 Å². The van der Waals surface area contributed by atoms with Crippen LogP contribution in [0.4, 0.5) is 4.39 Å². The van der Waals surface area contributed by atoms with Crippen LogP contribution in [0.3, 0.4) is 0 Å². The molecule has 0 aromatic heterocycles. The summed E-state index contributed by atoms with van der Waals surface area (Å²) in [5, 5.41) is 0. The van der Waals surface area contributed by atoms with E-state index in [1.54, 1.807) is 12.1 Å². The van der Waals surface area contributed by atoms with Gasteiger partial charge in [0.25, 0.3) is 10.0 Å². The number of ether oxygens (including phenoxy) is 1. The fourth-order valence-electron chi connectivity index (χ4n) is 1.63. The van der Waals surface area contributed by atoms with E-state index < -0.39 is 15.8 Å².